The summed E-state index contributed by atoms with van der Waals surface area (Å²) in [5, 5.41) is 0. The van der Waals surface area contributed by atoms with Crippen molar-refractivity contribution in [1.82, 2.24) is 4.90 Å². The van der Waals surface area contributed by atoms with Crippen LogP contribution in [0.5, 0.6) is 11.5 Å². The summed E-state index contributed by atoms with van der Waals surface area (Å²) < 4.78 is 10.6. The molecule has 0 saturated heterocycles. The van der Waals surface area contributed by atoms with Crippen LogP contribution in [0.25, 0.3) is 0 Å². The lowest BCUT2D eigenvalue weighted by Gasteiger charge is -2.26. The average Bonchev–Trinajstić information content (AvgIpc) is 3.35. The largest absolute Gasteiger partial charge is 0.493 e. The van der Waals surface area contributed by atoms with Crippen LogP contribution >= 0.6 is 0 Å². The first-order chi connectivity index (χ1) is 10.2. The van der Waals surface area contributed by atoms with Gasteiger partial charge >= 0.3 is 0 Å². The molecule has 1 aromatic rings. The van der Waals surface area contributed by atoms with E-state index in [1.165, 1.54) is 25.7 Å². The first-order valence-electron chi connectivity index (χ1n) is 7.91. The van der Waals surface area contributed by atoms with Gasteiger partial charge in [0.15, 0.2) is 11.5 Å². The molecule has 0 spiro atoms. The number of ether oxygens (including phenoxy) is 2. The SMILES string of the molecule is CCCCN(CC(N)c1ccc(OC)c(OC)c1)C1CC1. The lowest BCUT2D eigenvalue weighted by atomic mass is 10.1. The van der Waals surface area contributed by atoms with Crippen molar-refractivity contribution in [3.05, 3.63) is 23.8 Å². The van der Waals surface area contributed by atoms with Gasteiger partial charge in [0.25, 0.3) is 0 Å². The van der Waals surface area contributed by atoms with E-state index in [-0.39, 0.29) is 6.04 Å². The van der Waals surface area contributed by atoms with Gasteiger partial charge in [0.1, 0.15) is 0 Å². The van der Waals surface area contributed by atoms with Gasteiger partial charge in [-0.05, 0) is 43.5 Å². The highest BCUT2D eigenvalue weighted by atomic mass is 16.5. The summed E-state index contributed by atoms with van der Waals surface area (Å²) in [5.74, 6) is 1.50. The van der Waals surface area contributed by atoms with E-state index in [4.69, 9.17) is 15.2 Å². The molecule has 0 heterocycles. The minimum Gasteiger partial charge on any atom is -0.493 e. The van der Waals surface area contributed by atoms with Crippen molar-refractivity contribution in [3.63, 3.8) is 0 Å². The molecule has 1 aliphatic rings. The maximum atomic E-state index is 6.41. The van der Waals surface area contributed by atoms with Crippen molar-refractivity contribution < 1.29 is 9.47 Å². The van der Waals surface area contributed by atoms with E-state index in [1.54, 1.807) is 14.2 Å². The number of hydrogen-bond donors (Lipinski definition) is 1. The second-order valence-corrected chi connectivity index (χ2v) is 5.80. The maximum absolute atomic E-state index is 6.41. The molecule has 2 rings (SSSR count). The summed E-state index contributed by atoms with van der Waals surface area (Å²) in [4.78, 5) is 2.55. The molecule has 1 unspecified atom stereocenters. The molecule has 1 saturated carbocycles. The minimum absolute atomic E-state index is 0.0160. The highest BCUT2D eigenvalue weighted by Crippen LogP contribution is 2.32. The molecule has 1 atom stereocenters. The van der Waals surface area contributed by atoms with Gasteiger partial charge in [0, 0.05) is 18.6 Å². The number of unbranched alkanes of at least 4 members (excludes halogenated alkanes) is 1. The maximum Gasteiger partial charge on any atom is 0.161 e. The molecule has 1 aliphatic carbocycles. The third kappa shape index (κ3) is 4.35. The van der Waals surface area contributed by atoms with Gasteiger partial charge in [-0.2, -0.15) is 0 Å². The molecule has 4 heteroatoms. The van der Waals surface area contributed by atoms with Gasteiger partial charge in [0.2, 0.25) is 0 Å². The first kappa shape index (κ1) is 16.1. The second kappa shape index (κ2) is 7.66. The molecular weight excluding hydrogens is 264 g/mol. The fraction of sp³-hybridized carbons (Fsp3) is 0.647. The summed E-state index contributed by atoms with van der Waals surface area (Å²) in [6.07, 6.45) is 5.12. The van der Waals surface area contributed by atoms with Crippen LogP contribution in [0, 0.1) is 0 Å². The van der Waals surface area contributed by atoms with Crippen molar-refractivity contribution in [1.29, 1.82) is 0 Å². The number of benzene rings is 1. The van der Waals surface area contributed by atoms with Crippen molar-refractivity contribution in [2.24, 2.45) is 5.73 Å². The molecule has 4 nitrogen and oxygen atoms in total. The fourth-order valence-electron chi connectivity index (χ4n) is 2.67. The molecule has 118 valence electrons. The van der Waals surface area contributed by atoms with Crippen LogP contribution < -0.4 is 15.2 Å². The highest BCUT2D eigenvalue weighted by Gasteiger charge is 2.29. The molecule has 0 aromatic heterocycles. The van der Waals surface area contributed by atoms with Gasteiger partial charge in [-0.3, -0.25) is 4.90 Å². The highest BCUT2D eigenvalue weighted by molar-refractivity contribution is 5.43. The molecule has 0 bridgehead atoms. The third-order valence-electron chi connectivity index (χ3n) is 4.13. The fourth-order valence-corrected chi connectivity index (χ4v) is 2.67. The molecule has 0 amide bonds. The van der Waals surface area contributed by atoms with Crippen LogP contribution in [0.1, 0.15) is 44.2 Å². The zero-order valence-electron chi connectivity index (χ0n) is 13.5. The zero-order chi connectivity index (χ0) is 15.2. The first-order valence-corrected chi connectivity index (χ1v) is 7.91. The third-order valence-corrected chi connectivity index (χ3v) is 4.13. The van der Waals surface area contributed by atoms with Crippen molar-refractivity contribution in [2.75, 3.05) is 27.3 Å². The Morgan fingerprint density at radius 2 is 1.95 bits per heavy atom. The normalized spacial score (nSPS) is 16.0. The van der Waals surface area contributed by atoms with E-state index in [0.717, 1.165) is 36.2 Å². The number of rotatable bonds is 9. The van der Waals surface area contributed by atoms with Gasteiger partial charge in [-0.15, -0.1) is 0 Å². The minimum atomic E-state index is 0.0160. The van der Waals surface area contributed by atoms with Crippen molar-refractivity contribution >= 4 is 0 Å². The Hall–Kier alpha value is -1.26. The Balaban J connectivity index is 2.02. The number of nitrogens with zero attached hydrogens (tertiary/aromatic N) is 1. The van der Waals surface area contributed by atoms with Gasteiger partial charge in [-0.1, -0.05) is 19.4 Å². The van der Waals surface area contributed by atoms with E-state index < -0.39 is 0 Å². The standard InChI is InChI=1S/C17H28N2O2/c1-4-5-10-19(14-7-8-14)12-15(18)13-6-9-16(20-2)17(11-13)21-3/h6,9,11,14-15H,4-5,7-8,10,12,18H2,1-3H3. The van der Waals surface area contributed by atoms with E-state index >= 15 is 0 Å². The van der Waals surface area contributed by atoms with E-state index in [0.29, 0.717) is 0 Å². The van der Waals surface area contributed by atoms with Crippen molar-refractivity contribution in [3.8, 4) is 11.5 Å². The van der Waals surface area contributed by atoms with Gasteiger partial charge < -0.3 is 15.2 Å². The topological polar surface area (TPSA) is 47.7 Å². The van der Waals surface area contributed by atoms with E-state index in [9.17, 15) is 0 Å². The Bertz CT molecular complexity index is 446. The molecular formula is C17H28N2O2. The Morgan fingerprint density at radius 1 is 1.24 bits per heavy atom. The smallest absolute Gasteiger partial charge is 0.161 e. The molecule has 1 aromatic carbocycles. The summed E-state index contributed by atoms with van der Waals surface area (Å²) in [7, 11) is 3.31. The second-order valence-electron chi connectivity index (χ2n) is 5.80. The van der Waals surface area contributed by atoms with Crippen LogP contribution in [0.2, 0.25) is 0 Å². The summed E-state index contributed by atoms with van der Waals surface area (Å²) in [6, 6.07) is 6.73. The Labute approximate surface area is 128 Å². The lowest BCUT2D eigenvalue weighted by molar-refractivity contribution is 0.243. The Morgan fingerprint density at radius 3 is 2.52 bits per heavy atom. The van der Waals surface area contributed by atoms with Gasteiger partial charge in [-0.25, -0.2) is 0 Å². The van der Waals surface area contributed by atoms with E-state index in [1.807, 2.05) is 18.2 Å². The molecule has 2 N–H and O–H groups in total. The zero-order valence-corrected chi connectivity index (χ0v) is 13.5. The monoisotopic (exact) mass is 292 g/mol. The predicted octanol–water partition coefficient (Wildman–Crippen LogP) is 2.97. The summed E-state index contributed by atoms with van der Waals surface area (Å²) >= 11 is 0. The van der Waals surface area contributed by atoms with Crippen molar-refractivity contribution in [2.45, 2.75) is 44.7 Å². The average molecular weight is 292 g/mol. The predicted molar refractivity (Wildman–Crippen MR) is 86.0 cm³/mol. The van der Waals surface area contributed by atoms with Gasteiger partial charge in [0.05, 0.1) is 14.2 Å². The molecule has 21 heavy (non-hydrogen) atoms. The summed E-state index contributed by atoms with van der Waals surface area (Å²) in [6.45, 7) is 4.31. The lowest BCUT2D eigenvalue weighted by Crippen LogP contribution is -2.34. The quantitative estimate of drug-likeness (QED) is 0.760. The van der Waals surface area contributed by atoms with E-state index in [2.05, 4.69) is 11.8 Å². The molecule has 1 fully saturated rings. The number of methoxy groups -OCH3 is 2. The molecule has 0 radical (unpaired) electrons. The Kier molecular flexibility index (Phi) is 5.88. The summed E-state index contributed by atoms with van der Waals surface area (Å²) in [5.41, 5.74) is 7.52. The van der Waals surface area contributed by atoms with Crippen LogP contribution in [0.15, 0.2) is 18.2 Å². The number of hydrogen-bond acceptors (Lipinski definition) is 4. The molecule has 0 aliphatic heterocycles. The van der Waals surface area contributed by atoms with Crippen LogP contribution in [-0.4, -0.2) is 38.3 Å². The van der Waals surface area contributed by atoms with Crippen LogP contribution in [0.4, 0.5) is 0 Å². The van der Waals surface area contributed by atoms with Crippen LogP contribution in [0.3, 0.4) is 0 Å². The van der Waals surface area contributed by atoms with Crippen LogP contribution in [-0.2, 0) is 0 Å². The number of nitrogens with two attached hydrogens (primary N) is 1.